The average Bonchev–Trinajstić information content (AvgIpc) is 3.50. The fourth-order valence-corrected chi connectivity index (χ4v) is 3.91. The lowest BCUT2D eigenvalue weighted by molar-refractivity contribution is -0.0399. The van der Waals surface area contributed by atoms with Crippen molar-refractivity contribution in [3.8, 4) is 0 Å². The first-order valence-electron chi connectivity index (χ1n) is 9.80. The van der Waals surface area contributed by atoms with Gasteiger partial charge < -0.3 is 10.6 Å². The fourth-order valence-electron chi connectivity index (χ4n) is 3.91. The normalized spacial score (nSPS) is 26.0. The van der Waals surface area contributed by atoms with E-state index in [0.717, 1.165) is 30.1 Å². The number of pyridine rings is 1. The summed E-state index contributed by atoms with van der Waals surface area (Å²) in [6.45, 7) is 3.08. The van der Waals surface area contributed by atoms with Crippen molar-refractivity contribution in [2.24, 2.45) is 5.92 Å². The van der Waals surface area contributed by atoms with Gasteiger partial charge in [-0.25, -0.2) is 8.78 Å². The smallest absolute Gasteiger partial charge is 0.253 e. The Hall–Kier alpha value is -0.980. The summed E-state index contributed by atoms with van der Waals surface area (Å²) in [6.07, 6.45) is 5.75. The van der Waals surface area contributed by atoms with Crippen LogP contribution >= 0.6 is 24.8 Å². The van der Waals surface area contributed by atoms with Gasteiger partial charge in [0.2, 0.25) is 5.92 Å². The predicted molar refractivity (Wildman–Crippen MR) is 110 cm³/mol. The highest BCUT2D eigenvalue weighted by Crippen LogP contribution is 2.43. The van der Waals surface area contributed by atoms with Crippen molar-refractivity contribution in [3.05, 3.63) is 29.1 Å². The van der Waals surface area contributed by atoms with Gasteiger partial charge in [0.05, 0.1) is 5.56 Å². The van der Waals surface area contributed by atoms with E-state index in [4.69, 9.17) is 0 Å². The van der Waals surface area contributed by atoms with Gasteiger partial charge in [0.25, 0.3) is 5.91 Å². The molecule has 3 fully saturated rings. The van der Waals surface area contributed by atoms with Gasteiger partial charge in [-0.2, -0.15) is 0 Å². The lowest BCUT2D eigenvalue weighted by Gasteiger charge is -2.28. The molecule has 1 amide bonds. The van der Waals surface area contributed by atoms with E-state index in [1.165, 1.54) is 12.8 Å². The van der Waals surface area contributed by atoms with E-state index >= 15 is 0 Å². The van der Waals surface area contributed by atoms with Gasteiger partial charge in [0.15, 0.2) is 0 Å². The predicted octanol–water partition coefficient (Wildman–Crippen LogP) is 4.40. The number of nitrogens with one attached hydrogen (secondary N) is 2. The molecule has 3 aliphatic carbocycles. The van der Waals surface area contributed by atoms with Gasteiger partial charge >= 0.3 is 0 Å². The molecular formula is C20H29Cl2F2N3O. The largest absolute Gasteiger partial charge is 0.349 e. The molecule has 2 atom stereocenters. The Morgan fingerprint density at radius 2 is 1.89 bits per heavy atom. The summed E-state index contributed by atoms with van der Waals surface area (Å²) in [5, 5.41) is 6.53. The number of nitrogens with zero attached hydrogens (tertiary/aromatic N) is 1. The minimum Gasteiger partial charge on any atom is -0.349 e. The topological polar surface area (TPSA) is 54.0 Å². The first kappa shape index (κ1) is 23.3. The monoisotopic (exact) mass is 435 g/mol. The zero-order chi connectivity index (χ0) is 18.3. The van der Waals surface area contributed by atoms with Crippen molar-refractivity contribution < 1.29 is 13.6 Å². The van der Waals surface area contributed by atoms with Crippen molar-refractivity contribution in [2.45, 2.75) is 75.8 Å². The lowest BCUT2D eigenvalue weighted by atomic mass is 9.92. The molecule has 2 N–H and O–H groups in total. The molecule has 0 bridgehead atoms. The maximum Gasteiger partial charge on any atom is 0.253 e. The molecule has 1 heterocycles. The first-order chi connectivity index (χ1) is 12.4. The number of aromatic nitrogens is 1. The minimum atomic E-state index is -2.58. The number of carbonyl (C=O) groups excluding carboxylic acids is 1. The van der Waals surface area contributed by atoms with Crippen LogP contribution in [0.2, 0.25) is 0 Å². The Bertz CT molecular complexity index is 690. The highest BCUT2D eigenvalue weighted by Gasteiger charge is 2.40. The van der Waals surface area contributed by atoms with E-state index in [0.29, 0.717) is 30.4 Å². The molecule has 0 aromatic carbocycles. The van der Waals surface area contributed by atoms with E-state index in [1.54, 1.807) is 6.20 Å². The van der Waals surface area contributed by atoms with Gasteiger partial charge in [0.1, 0.15) is 0 Å². The molecule has 3 aliphatic rings. The van der Waals surface area contributed by atoms with Crippen LogP contribution in [0.15, 0.2) is 12.3 Å². The van der Waals surface area contributed by atoms with Crippen LogP contribution < -0.4 is 10.6 Å². The number of amides is 1. The van der Waals surface area contributed by atoms with Crippen molar-refractivity contribution in [1.29, 1.82) is 0 Å². The van der Waals surface area contributed by atoms with Crippen LogP contribution in [0.3, 0.4) is 0 Å². The molecule has 8 heteroatoms. The molecule has 3 saturated carbocycles. The van der Waals surface area contributed by atoms with Crippen LogP contribution in [0.1, 0.15) is 72.5 Å². The van der Waals surface area contributed by atoms with E-state index < -0.39 is 5.92 Å². The Kier molecular flexibility index (Phi) is 7.68. The molecule has 0 radical (unpaired) electrons. The number of hydrogen-bond acceptors (Lipinski definition) is 3. The Morgan fingerprint density at radius 1 is 1.21 bits per heavy atom. The number of carbonyl (C=O) groups is 1. The number of aryl methyl sites for hydroxylation is 1. The van der Waals surface area contributed by atoms with Crippen LogP contribution in [0.5, 0.6) is 0 Å². The van der Waals surface area contributed by atoms with Crippen LogP contribution in [-0.2, 0) is 0 Å². The second-order valence-electron chi connectivity index (χ2n) is 8.30. The Morgan fingerprint density at radius 3 is 2.54 bits per heavy atom. The van der Waals surface area contributed by atoms with Gasteiger partial charge in [-0.1, -0.05) is 0 Å². The lowest BCUT2D eigenvalue weighted by Crippen LogP contribution is -2.40. The third-order valence-corrected chi connectivity index (χ3v) is 6.00. The molecule has 4 nitrogen and oxygen atoms in total. The summed E-state index contributed by atoms with van der Waals surface area (Å²) < 4.78 is 26.5. The summed E-state index contributed by atoms with van der Waals surface area (Å²) in [5.74, 6) is -1.48. The van der Waals surface area contributed by atoms with Crippen LogP contribution in [0, 0.1) is 12.8 Å². The van der Waals surface area contributed by atoms with Crippen LogP contribution in [-0.4, -0.2) is 35.4 Å². The highest BCUT2D eigenvalue weighted by atomic mass is 35.5. The van der Waals surface area contributed by atoms with E-state index in [2.05, 4.69) is 15.6 Å². The Labute approximate surface area is 177 Å². The molecular weight excluding hydrogens is 407 g/mol. The quantitative estimate of drug-likeness (QED) is 0.695. The van der Waals surface area contributed by atoms with Crippen molar-refractivity contribution in [2.75, 3.05) is 6.54 Å². The summed E-state index contributed by atoms with van der Waals surface area (Å²) in [7, 11) is 0. The number of alkyl halides is 2. The standard InChI is InChI=1S/C20H27F2N3O.2ClH/c1-12-16(17-9-18(17)24-10-13-2-3-13)8-14(11-23-12)19(26)25-15-4-6-20(21,22)7-5-15;;/h8,11,13,15,17-18,24H,2-7,9-10H2,1H3,(H,25,26);2*1H. The van der Waals surface area contributed by atoms with Crippen molar-refractivity contribution in [3.63, 3.8) is 0 Å². The molecule has 1 aromatic heterocycles. The maximum atomic E-state index is 13.3. The highest BCUT2D eigenvalue weighted by molar-refractivity contribution is 5.94. The van der Waals surface area contributed by atoms with Crippen LogP contribution in [0.4, 0.5) is 8.78 Å². The summed E-state index contributed by atoms with van der Waals surface area (Å²) >= 11 is 0. The van der Waals surface area contributed by atoms with Crippen LogP contribution in [0.25, 0.3) is 0 Å². The molecule has 28 heavy (non-hydrogen) atoms. The van der Waals surface area contributed by atoms with Crippen molar-refractivity contribution in [1.82, 2.24) is 15.6 Å². The van der Waals surface area contributed by atoms with Gasteiger partial charge in [0, 0.05) is 42.7 Å². The molecule has 0 saturated heterocycles. The third kappa shape index (κ3) is 5.77. The summed E-state index contributed by atoms with van der Waals surface area (Å²) in [5.41, 5.74) is 2.65. The van der Waals surface area contributed by atoms with Gasteiger partial charge in [-0.05, 0) is 63.1 Å². The minimum absolute atomic E-state index is 0. The molecule has 0 spiro atoms. The molecule has 4 rings (SSSR count). The summed E-state index contributed by atoms with van der Waals surface area (Å²) in [4.78, 5) is 16.9. The average molecular weight is 436 g/mol. The van der Waals surface area contributed by atoms with E-state index in [-0.39, 0.29) is 49.6 Å². The van der Waals surface area contributed by atoms with Crippen molar-refractivity contribution >= 4 is 30.7 Å². The second-order valence-corrected chi connectivity index (χ2v) is 8.30. The molecule has 0 aliphatic heterocycles. The summed E-state index contributed by atoms with van der Waals surface area (Å²) in [6, 6.07) is 2.27. The number of halogens is 4. The zero-order valence-corrected chi connectivity index (χ0v) is 17.7. The molecule has 1 aromatic rings. The molecule has 158 valence electrons. The third-order valence-electron chi connectivity index (χ3n) is 6.00. The number of rotatable bonds is 6. The van der Waals surface area contributed by atoms with Gasteiger partial charge in [-0.15, -0.1) is 24.8 Å². The van der Waals surface area contributed by atoms with E-state index in [1.807, 2.05) is 13.0 Å². The fraction of sp³-hybridized carbons (Fsp3) is 0.700. The number of hydrogen-bond donors (Lipinski definition) is 2. The second kappa shape index (κ2) is 9.23. The Balaban J connectivity index is 0.00000140. The zero-order valence-electron chi connectivity index (χ0n) is 16.0. The molecule has 2 unspecified atom stereocenters. The first-order valence-corrected chi connectivity index (χ1v) is 9.80. The maximum absolute atomic E-state index is 13.3. The van der Waals surface area contributed by atoms with E-state index in [9.17, 15) is 13.6 Å². The van der Waals surface area contributed by atoms with Gasteiger partial charge in [-0.3, -0.25) is 9.78 Å². The SMILES string of the molecule is Cc1ncc(C(=O)NC2CCC(F)(F)CC2)cc1C1CC1NCC1CC1.Cl.Cl.